The predicted octanol–water partition coefficient (Wildman–Crippen LogP) is 2.36. The number of para-hydroxylation sites is 2. The summed E-state index contributed by atoms with van der Waals surface area (Å²) in [5.74, 6) is -0.761. The molecular weight excluding hydrogens is 392 g/mol. The molecule has 0 fully saturated rings. The topological polar surface area (TPSA) is 120 Å². The molecule has 8 nitrogen and oxygen atoms in total. The summed E-state index contributed by atoms with van der Waals surface area (Å²) in [7, 11) is 0. The van der Waals surface area contributed by atoms with Crippen molar-refractivity contribution in [2.45, 2.75) is 11.4 Å². The molecule has 0 unspecified atom stereocenters. The third kappa shape index (κ3) is 3.85. The van der Waals surface area contributed by atoms with Crippen molar-refractivity contribution in [1.29, 1.82) is 0 Å². The van der Waals surface area contributed by atoms with E-state index in [-0.39, 0.29) is 17.9 Å². The van der Waals surface area contributed by atoms with Crippen molar-refractivity contribution < 1.29 is 14.0 Å². The maximum atomic E-state index is 12.7. The molecule has 0 aliphatic carbocycles. The van der Waals surface area contributed by atoms with Gasteiger partial charge in [0.25, 0.3) is 5.56 Å². The van der Waals surface area contributed by atoms with Gasteiger partial charge in [0, 0.05) is 10.3 Å². The number of fused-ring (bicyclic) bond motifs is 3. The number of nitrogens with zero attached hydrogens (tertiary/aromatic N) is 2. The number of nitrogens with two attached hydrogens (primary N) is 1. The Balaban J connectivity index is 1.57. The van der Waals surface area contributed by atoms with Crippen LogP contribution in [0.25, 0.3) is 22.1 Å². The van der Waals surface area contributed by atoms with Gasteiger partial charge < -0.3 is 15.5 Å². The molecule has 2 aromatic carbocycles. The van der Waals surface area contributed by atoms with Gasteiger partial charge in [0.2, 0.25) is 17.4 Å². The number of primary amides is 1. The third-order valence-corrected chi connectivity index (χ3v) is 5.29. The van der Waals surface area contributed by atoms with Gasteiger partial charge in [-0.3, -0.25) is 19.0 Å². The zero-order valence-corrected chi connectivity index (χ0v) is 15.9. The second-order valence-corrected chi connectivity index (χ2v) is 7.27. The number of anilines is 1. The van der Waals surface area contributed by atoms with Crippen LogP contribution in [0, 0.1) is 0 Å². The van der Waals surface area contributed by atoms with E-state index in [1.807, 2.05) is 18.2 Å². The number of aromatic nitrogens is 2. The summed E-state index contributed by atoms with van der Waals surface area (Å²) in [4.78, 5) is 41.2. The second-order valence-electron chi connectivity index (χ2n) is 6.25. The standard InChI is InChI=1S/C20H16N4O4S/c21-16(25)10-29-15-8-4-2-6-13(15)23-17(26)9-24-11-22-18-12-5-1-3-7-14(12)28-19(18)20(24)27/h1-8,11H,9-10H2,(H2,21,25)(H,23,26). The van der Waals surface area contributed by atoms with Gasteiger partial charge >= 0.3 is 0 Å². The summed E-state index contributed by atoms with van der Waals surface area (Å²) in [6, 6.07) is 14.3. The van der Waals surface area contributed by atoms with Crippen LogP contribution < -0.4 is 16.6 Å². The third-order valence-electron chi connectivity index (χ3n) is 4.20. The fraction of sp³-hybridized carbons (Fsp3) is 0.100. The maximum Gasteiger partial charge on any atom is 0.297 e. The van der Waals surface area contributed by atoms with Gasteiger partial charge in [-0.15, -0.1) is 11.8 Å². The summed E-state index contributed by atoms with van der Waals surface area (Å²) in [5.41, 5.74) is 6.43. The molecule has 29 heavy (non-hydrogen) atoms. The Morgan fingerprint density at radius 1 is 1.14 bits per heavy atom. The molecular formula is C20H16N4O4S. The van der Waals surface area contributed by atoms with Gasteiger partial charge in [0.1, 0.15) is 17.6 Å². The molecule has 0 radical (unpaired) electrons. The molecule has 2 heterocycles. The Kier molecular flexibility index (Phi) is 5.05. The lowest BCUT2D eigenvalue weighted by Crippen LogP contribution is -2.27. The van der Waals surface area contributed by atoms with E-state index in [0.29, 0.717) is 21.7 Å². The van der Waals surface area contributed by atoms with E-state index in [1.165, 1.54) is 22.7 Å². The van der Waals surface area contributed by atoms with Gasteiger partial charge in [-0.05, 0) is 24.3 Å². The Morgan fingerprint density at radius 3 is 2.72 bits per heavy atom. The van der Waals surface area contributed by atoms with E-state index in [1.54, 1.807) is 30.3 Å². The number of amides is 2. The number of thioether (sulfide) groups is 1. The molecule has 0 saturated carbocycles. The minimum absolute atomic E-state index is 0.0962. The summed E-state index contributed by atoms with van der Waals surface area (Å²) in [6.07, 6.45) is 1.33. The molecule has 4 rings (SSSR count). The minimum atomic E-state index is -0.451. The van der Waals surface area contributed by atoms with E-state index in [4.69, 9.17) is 10.2 Å². The van der Waals surface area contributed by atoms with Crippen LogP contribution in [0.3, 0.4) is 0 Å². The predicted molar refractivity (Wildman–Crippen MR) is 111 cm³/mol. The summed E-state index contributed by atoms with van der Waals surface area (Å²) in [6.45, 7) is -0.229. The van der Waals surface area contributed by atoms with Crippen LogP contribution in [0.1, 0.15) is 0 Å². The van der Waals surface area contributed by atoms with Crippen molar-refractivity contribution in [2.75, 3.05) is 11.1 Å². The Morgan fingerprint density at radius 2 is 1.90 bits per heavy atom. The zero-order chi connectivity index (χ0) is 20.4. The quantitative estimate of drug-likeness (QED) is 0.473. The fourth-order valence-electron chi connectivity index (χ4n) is 2.92. The van der Waals surface area contributed by atoms with Crippen LogP contribution in [0.4, 0.5) is 5.69 Å². The van der Waals surface area contributed by atoms with Crippen molar-refractivity contribution in [3.63, 3.8) is 0 Å². The highest BCUT2D eigenvalue weighted by Crippen LogP contribution is 2.27. The fourth-order valence-corrected chi connectivity index (χ4v) is 3.66. The van der Waals surface area contributed by atoms with Crippen LogP contribution in [0.2, 0.25) is 0 Å². The number of carbonyl (C=O) groups is 2. The van der Waals surface area contributed by atoms with Crippen LogP contribution in [-0.4, -0.2) is 27.1 Å². The molecule has 0 bridgehead atoms. The van der Waals surface area contributed by atoms with Gasteiger partial charge in [-0.1, -0.05) is 24.3 Å². The van der Waals surface area contributed by atoms with Crippen LogP contribution >= 0.6 is 11.8 Å². The molecule has 9 heteroatoms. The molecule has 146 valence electrons. The number of benzene rings is 2. The lowest BCUT2D eigenvalue weighted by molar-refractivity contribution is -0.117. The van der Waals surface area contributed by atoms with Crippen molar-refractivity contribution in [1.82, 2.24) is 9.55 Å². The molecule has 2 amide bonds. The van der Waals surface area contributed by atoms with Gasteiger partial charge in [0.05, 0.1) is 17.8 Å². The first-order chi connectivity index (χ1) is 14.0. The van der Waals surface area contributed by atoms with Crippen molar-refractivity contribution in [3.05, 3.63) is 65.2 Å². The Labute approximate surface area is 168 Å². The highest BCUT2D eigenvalue weighted by Gasteiger charge is 2.15. The van der Waals surface area contributed by atoms with Crippen molar-refractivity contribution in [2.24, 2.45) is 5.73 Å². The molecule has 0 aliphatic rings. The summed E-state index contributed by atoms with van der Waals surface area (Å²) < 4.78 is 6.82. The number of hydrogen-bond donors (Lipinski definition) is 2. The number of hydrogen-bond acceptors (Lipinski definition) is 6. The molecule has 0 spiro atoms. The Bertz CT molecular complexity index is 1290. The highest BCUT2D eigenvalue weighted by atomic mass is 32.2. The smallest absolute Gasteiger partial charge is 0.297 e. The zero-order valence-electron chi connectivity index (χ0n) is 15.1. The van der Waals surface area contributed by atoms with Crippen LogP contribution in [0.15, 0.2) is 69.0 Å². The average Bonchev–Trinajstić information content (AvgIpc) is 3.09. The van der Waals surface area contributed by atoms with E-state index in [0.717, 1.165) is 5.39 Å². The number of nitrogens with one attached hydrogen (secondary N) is 1. The monoisotopic (exact) mass is 408 g/mol. The van der Waals surface area contributed by atoms with Crippen molar-refractivity contribution in [3.8, 4) is 0 Å². The van der Waals surface area contributed by atoms with Gasteiger partial charge in [-0.2, -0.15) is 0 Å². The first-order valence-corrected chi connectivity index (χ1v) is 9.68. The van der Waals surface area contributed by atoms with E-state index >= 15 is 0 Å². The molecule has 0 aliphatic heterocycles. The summed E-state index contributed by atoms with van der Waals surface area (Å²) >= 11 is 1.23. The molecule has 0 atom stereocenters. The first-order valence-electron chi connectivity index (χ1n) is 8.69. The number of furan rings is 1. The second kappa shape index (κ2) is 7.80. The molecule has 2 aromatic heterocycles. The number of rotatable bonds is 6. The lowest BCUT2D eigenvalue weighted by atomic mass is 10.2. The molecule has 4 aromatic rings. The minimum Gasteiger partial charge on any atom is -0.448 e. The molecule has 0 saturated heterocycles. The first kappa shape index (κ1) is 18.8. The van der Waals surface area contributed by atoms with Crippen LogP contribution in [0.5, 0.6) is 0 Å². The SMILES string of the molecule is NC(=O)CSc1ccccc1NC(=O)Cn1cnc2c(oc3ccccc32)c1=O. The highest BCUT2D eigenvalue weighted by molar-refractivity contribution is 8.00. The van der Waals surface area contributed by atoms with E-state index < -0.39 is 17.4 Å². The maximum absolute atomic E-state index is 12.7. The number of carbonyl (C=O) groups excluding carboxylic acids is 2. The largest absolute Gasteiger partial charge is 0.448 e. The lowest BCUT2D eigenvalue weighted by Gasteiger charge is -2.11. The average molecular weight is 408 g/mol. The van der Waals surface area contributed by atoms with E-state index in [2.05, 4.69) is 10.3 Å². The normalized spacial score (nSPS) is 11.0. The summed E-state index contributed by atoms with van der Waals surface area (Å²) in [5, 5.41) is 3.50. The van der Waals surface area contributed by atoms with E-state index in [9.17, 15) is 14.4 Å². The van der Waals surface area contributed by atoms with Crippen molar-refractivity contribution >= 4 is 51.3 Å². The van der Waals surface area contributed by atoms with Crippen LogP contribution in [-0.2, 0) is 16.1 Å². The van der Waals surface area contributed by atoms with Gasteiger partial charge in [0.15, 0.2) is 0 Å². The Hall–Kier alpha value is -3.59. The van der Waals surface area contributed by atoms with Gasteiger partial charge in [-0.25, -0.2) is 4.98 Å². The molecule has 3 N–H and O–H groups in total.